The van der Waals surface area contributed by atoms with Gasteiger partial charge in [-0.25, -0.2) is 4.79 Å². The molecule has 0 bridgehead atoms. The van der Waals surface area contributed by atoms with Crippen LogP contribution in [0.2, 0.25) is 0 Å². The molecular weight excluding hydrogens is 300 g/mol. The molecule has 3 rings (SSSR count). The van der Waals surface area contributed by atoms with Crippen molar-refractivity contribution in [1.29, 1.82) is 0 Å². The number of nitrogens with zero attached hydrogens (tertiary/aromatic N) is 1. The van der Waals surface area contributed by atoms with Gasteiger partial charge in [0.05, 0.1) is 17.4 Å². The van der Waals surface area contributed by atoms with Gasteiger partial charge in [0.25, 0.3) is 0 Å². The SMILES string of the molecule is CCc1ccc2c(c1)CCCC2/C=C/Nc1cnccc1C(=O)O. The minimum atomic E-state index is -0.955. The monoisotopic (exact) mass is 322 g/mol. The van der Waals surface area contributed by atoms with E-state index in [1.807, 2.05) is 6.20 Å². The average molecular weight is 322 g/mol. The van der Waals surface area contributed by atoms with E-state index in [1.165, 1.54) is 41.6 Å². The minimum absolute atomic E-state index is 0.228. The lowest BCUT2D eigenvalue weighted by molar-refractivity contribution is 0.0698. The molecule has 0 saturated heterocycles. The molecule has 1 unspecified atom stereocenters. The van der Waals surface area contributed by atoms with Gasteiger partial charge in [0.1, 0.15) is 0 Å². The number of pyridine rings is 1. The molecule has 0 fully saturated rings. The van der Waals surface area contributed by atoms with Crippen LogP contribution >= 0.6 is 0 Å². The summed E-state index contributed by atoms with van der Waals surface area (Å²) in [7, 11) is 0. The second-order valence-corrected chi connectivity index (χ2v) is 6.12. The Balaban J connectivity index is 1.76. The van der Waals surface area contributed by atoms with Gasteiger partial charge in [-0.15, -0.1) is 0 Å². The lowest BCUT2D eigenvalue weighted by Gasteiger charge is -2.23. The molecule has 1 aliphatic carbocycles. The molecule has 4 heteroatoms. The highest BCUT2D eigenvalue weighted by Crippen LogP contribution is 2.33. The van der Waals surface area contributed by atoms with Crippen LogP contribution in [0, 0.1) is 0 Å². The van der Waals surface area contributed by atoms with E-state index in [2.05, 4.69) is 41.5 Å². The predicted octanol–water partition coefficient (Wildman–Crippen LogP) is 4.39. The molecule has 1 atom stereocenters. The van der Waals surface area contributed by atoms with Gasteiger partial charge in [-0.05, 0) is 54.6 Å². The van der Waals surface area contributed by atoms with Crippen molar-refractivity contribution in [3.8, 4) is 0 Å². The van der Waals surface area contributed by atoms with Crippen molar-refractivity contribution in [1.82, 2.24) is 4.98 Å². The molecule has 1 aromatic carbocycles. The van der Waals surface area contributed by atoms with Crippen LogP contribution < -0.4 is 5.32 Å². The number of rotatable bonds is 5. The van der Waals surface area contributed by atoms with Crippen molar-refractivity contribution in [2.75, 3.05) is 5.32 Å². The Bertz CT molecular complexity index is 768. The van der Waals surface area contributed by atoms with Crippen LogP contribution in [0.5, 0.6) is 0 Å². The molecule has 2 aromatic rings. The van der Waals surface area contributed by atoms with Crippen LogP contribution in [0.1, 0.15) is 52.7 Å². The first-order valence-electron chi connectivity index (χ1n) is 8.41. The quantitative estimate of drug-likeness (QED) is 0.857. The Hall–Kier alpha value is -2.62. The summed E-state index contributed by atoms with van der Waals surface area (Å²) in [6.07, 6.45) is 11.5. The van der Waals surface area contributed by atoms with Crippen molar-refractivity contribution in [3.63, 3.8) is 0 Å². The lowest BCUT2D eigenvalue weighted by Crippen LogP contribution is -2.09. The number of hydrogen-bond acceptors (Lipinski definition) is 3. The molecule has 0 radical (unpaired) electrons. The zero-order chi connectivity index (χ0) is 16.9. The molecule has 4 nitrogen and oxygen atoms in total. The molecule has 0 amide bonds. The molecule has 1 heterocycles. The van der Waals surface area contributed by atoms with E-state index in [1.54, 1.807) is 0 Å². The maximum absolute atomic E-state index is 11.2. The van der Waals surface area contributed by atoms with Gasteiger partial charge in [0, 0.05) is 12.1 Å². The third kappa shape index (κ3) is 3.48. The van der Waals surface area contributed by atoms with Gasteiger partial charge in [-0.2, -0.15) is 0 Å². The molecule has 24 heavy (non-hydrogen) atoms. The molecule has 1 aromatic heterocycles. The Morgan fingerprint density at radius 2 is 2.29 bits per heavy atom. The van der Waals surface area contributed by atoms with Crippen molar-refractivity contribution in [2.24, 2.45) is 0 Å². The topological polar surface area (TPSA) is 62.2 Å². The summed E-state index contributed by atoms with van der Waals surface area (Å²) in [5, 5.41) is 12.3. The normalized spacial score (nSPS) is 16.8. The van der Waals surface area contributed by atoms with Crippen LogP contribution in [0.4, 0.5) is 5.69 Å². The highest BCUT2D eigenvalue weighted by Gasteiger charge is 2.18. The Morgan fingerprint density at radius 1 is 1.42 bits per heavy atom. The third-order valence-electron chi connectivity index (χ3n) is 4.60. The highest BCUT2D eigenvalue weighted by atomic mass is 16.4. The standard InChI is InChI=1S/C20H22N2O2/c1-2-14-6-7-17-15(4-3-5-16(17)12-14)8-11-22-19-13-21-10-9-18(19)20(23)24/h6-13,15,22H,2-5H2,1H3,(H,23,24)/b11-8+. The Morgan fingerprint density at radius 3 is 3.08 bits per heavy atom. The van der Waals surface area contributed by atoms with Crippen LogP contribution in [0.25, 0.3) is 0 Å². The second kappa shape index (κ2) is 7.30. The van der Waals surface area contributed by atoms with Crippen LogP contribution in [0.15, 0.2) is 48.9 Å². The van der Waals surface area contributed by atoms with Gasteiger partial charge in [-0.1, -0.05) is 31.2 Å². The molecule has 1 aliphatic rings. The van der Waals surface area contributed by atoms with E-state index in [-0.39, 0.29) is 5.56 Å². The number of aromatic nitrogens is 1. The Kier molecular flexibility index (Phi) is 4.94. The fourth-order valence-electron chi connectivity index (χ4n) is 3.28. The molecule has 0 saturated carbocycles. The van der Waals surface area contributed by atoms with E-state index in [0.717, 1.165) is 19.3 Å². The summed E-state index contributed by atoms with van der Waals surface area (Å²) in [5.74, 6) is -0.583. The first-order chi connectivity index (χ1) is 11.7. The molecule has 124 valence electrons. The fraction of sp³-hybridized carbons (Fsp3) is 0.300. The number of carboxylic acids is 1. The first kappa shape index (κ1) is 16.2. The summed E-state index contributed by atoms with van der Waals surface area (Å²) >= 11 is 0. The van der Waals surface area contributed by atoms with Gasteiger partial charge in [0.15, 0.2) is 0 Å². The number of nitrogens with one attached hydrogen (secondary N) is 1. The zero-order valence-electron chi connectivity index (χ0n) is 13.8. The number of allylic oxidation sites excluding steroid dienone is 1. The van der Waals surface area contributed by atoms with E-state index in [4.69, 9.17) is 0 Å². The highest BCUT2D eigenvalue weighted by molar-refractivity contribution is 5.94. The van der Waals surface area contributed by atoms with Crippen LogP contribution in [-0.2, 0) is 12.8 Å². The number of hydrogen-bond donors (Lipinski definition) is 2. The third-order valence-corrected chi connectivity index (χ3v) is 4.60. The van der Waals surface area contributed by atoms with Crippen molar-refractivity contribution < 1.29 is 9.90 Å². The number of aryl methyl sites for hydroxylation is 2. The summed E-state index contributed by atoms with van der Waals surface area (Å²) in [4.78, 5) is 15.2. The molecule has 0 aliphatic heterocycles. The van der Waals surface area contributed by atoms with Crippen molar-refractivity contribution in [3.05, 3.63) is 71.2 Å². The number of benzene rings is 1. The smallest absolute Gasteiger partial charge is 0.337 e. The maximum Gasteiger partial charge on any atom is 0.337 e. The van der Waals surface area contributed by atoms with Crippen LogP contribution in [0.3, 0.4) is 0 Å². The Labute approximate surface area is 142 Å². The van der Waals surface area contributed by atoms with Gasteiger partial charge in [-0.3, -0.25) is 4.98 Å². The van der Waals surface area contributed by atoms with E-state index in [0.29, 0.717) is 11.6 Å². The largest absolute Gasteiger partial charge is 0.478 e. The zero-order valence-corrected chi connectivity index (χ0v) is 13.8. The second-order valence-electron chi connectivity index (χ2n) is 6.12. The molecule has 0 spiro atoms. The van der Waals surface area contributed by atoms with Crippen molar-refractivity contribution in [2.45, 2.75) is 38.5 Å². The number of carbonyl (C=O) groups is 1. The van der Waals surface area contributed by atoms with E-state index in [9.17, 15) is 9.90 Å². The number of anilines is 1. The maximum atomic E-state index is 11.2. The fourth-order valence-corrected chi connectivity index (χ4v) is 3.28. The van der Waals surface area contributed by atoms with Gasteiger partial charge in [0.2, 0.25) is 0 Å². The van der Waals surface area contributed by atoms with Crippen LogP contribution in [-0.4, -0.2) is 16.1 Å². The van der Waals surface area contributed by atoms with E-state index < -0.39 is 5.97 Å². The number of fused-ring (bicyclic) bond motifs is 1. The lowest BCUT2D eigenvalue weighted by atomic mass is 9.82. The number of aromatic carboxylic acids is 1. The van der Waals surface area contributed by atoms with Gasteiger partial charge < -0.3 is 10.4 Å². The van der Waals surface area contributed by atoms with E-state index >= 15 is 0 Å². The molecular formula is C20H22N2O2. The van der Waals surface area contributed by atoms with Gasteiger partial charge >= 0.3 is 5.97 Å². The predicted molar refractivity (Wildman–Crippen MR) is 95.5 cm³/mol. The van der Waals surface area contributed by atoms with Crippen molar-refractivity contribution >= 4 is 11.7 Å². The minimum Gasteiger partial charge on any atom is -0.478 e. The summed E-state index contributed by atoms with van der Waals surface area (Å²) in [5.41, 5.74) is 4.96. The summed E-state index contributed by atoms with van der Waals surface area (Å²) < 4.78 is 0. The number of carboxylic acid groups (broad SMARTS) is 1. The average Bonchev–Trinajstić information content (AvgIpc) is 2.61. The first-order valence-corrected chi connectivity index (χ1v) is 8.41. The molecule has 2 N–H and O–H groups in total. The summed E-state index contributed by atoms with van der Waals surface area (Å²) in [6.45, 7) is 2.18. The summed E-state index contributed by atoms with van der Waals surface area (Å²) in [6, 6.07) is 8.28.